The zero-order valence-corrected chi connectivity index (χ0v) is 15.5. The Morgan fingerprint density at radius 1 is 1.23 bits per heavy atom. The van der Waals surface area contributed by atoms with Crippen molar-refractivity contribution in [1.82, 2.24) is 5.32 Å². The maximum atomic E-state index is 12.7. The quantitative estimate of drug-likeness (QED) is 0.841. The highest BCUT2D eigenvalue weighted by atomic mass is 32.2. The third-order valence-corrected chi connectivity index (χ3v) is 5.53. The van der Waals surface area contributed by atoms with Crippen molar-refractivity contribution in [3.63, 3.8) is 0 Å². The zero-order valence-electron chi connectivity index (χ0n) is 14.7. The molecule has 0 fully saturated rings. The minimum absolute atomic E-state index is 0.164. The lowest BCUT2D eigenvalue weighted by molar-refractivity contribution is 0.247. The highest BCUT2D eigenvalue weighted by Gasteiger charge is 2.26. The SMILES string of the molecule is CCNC(=O)N1CCc2cc(S(=O)(=O)Nc3cccc(OC)c3)ccc21. The second-order valence-electron chi connectivity index (χ2n) is 5.87. The van der Waals surface area contributed by atoms with E-state index in [1.165, 1.54) is 13.2 Å². The topological polar surface area (TPSA) is 87.7 Å². The Balaban J connectivity index is 1.84. The first-order valence-electron chi connectivity index (χ1n) is 8.30. The number of carbonyl (C=O) groups is 1. The lowest BCUT2D eigenvalue weighted by Crippen LogP contribution is -2.38. The molecule has 2 amide bonds. The lowest BCUT2D eigenvalue weighted by atomic mass is 10.2. The van der Waals surface area contributed by atoms with Crippen LogP contribution in [0.3, 0.4) is 0 Å². The number of hydrogen-bond acceptors (Lipinski definition) is 4. The third kappa shape index (κ3) is 3.60. The van der Waals surface area contributed by atoms with E-state index in [4.69, 9.17) is 4.74 Å². The standard InChI is InChI=1S/C18H21N3O4S/c1-3-19-18(22)21-10-9-13-11-16(7-8-17(13)21)26(23,24)20-14-5-4-6-15(12-14)25-2/h4-8,11-12,20H,3,9-10H2,1-2H3,(H,19,22). The summed E-state index contributed by atoms with van der Waals surface area (Å²) in [5.74, 6) is 0.566. The zero-order chi connectivity index (χ0) is 18.7. The van der Waals surface area contributed by atoms with Crippen molar-refractivity contribution in [2.24, 2.45) is 0 Å². The highest BCUT2D eigenvalue weighted by molar-refractivity contribution is 7.92. The molecule has 0 aromatic heterocycles. The molecular weight excluding hydrogens is 354 g/mol. The summed E-state index contributed by atoms with van der Waals surface area (Å²) < 4.78 is 33.0. The van der Waals surface area contributed by atoms with Crippen molar-refractivity contribution < 1.29 is 17.9 Å². The summed E-state index contributed by atoms with van der Waals surface area (Å²) in [6.45, 7) is 2.93. The number of benzene rings is 2. The molecule has 0 saturated carbocycles. The van der Waals surface area contributed by atoms with E-state index in [1.54, 1.807) is 41.3 Å². The van der Waals surface area contributed by atoms with Crippen LogP contribution >= 0.6 is 0 Å². The largest absolute Gasteiger partial charge is 0.497 e. The first kappa shape index (κ1) is 18.1. The van der Waals surface area contributed by atoms with Crippen molar-refractivity contribution in [1.29, 1.82) is 0 Å². The normalized spacial score (nSPS) is 13.2. The van der Waals surface area contributed by atoms with Crippen LogP contribution in [0.4, 0.5) is 16.2 Å². The lowest BCUT2D eigenvalue weighted by Gasteiger charge is -2.17. The Kier molecular flexibility index (Phi) is 5.03. The molecule has 0 spiro atoms. The summed E-state index contributed by atoms with van der Waals surface area (Å²) in [5.41, 5.74) is 2.01. The summed E-state index contributed by atoms with van der Waals surface area (Å²) in [4.78, 5) is 13.9. The molecule has 0 saturated heterocycles. The predicted molar refractivity (Wildman–Crippen MR) is 100 cm³/mol. The van der Waals surface area contributed by atoms with Crippen LogP contribution in [0.2, 0.25) is 0 Å². The van der Waals surface area contributed by atoms with Crippen LogP contribution in [0, 0.1) is 0 Å². The van der Waals surface area contributed by atoms with Crippen molar-refractivity contribution in [3.8, 4) is 5.75 Å². The maximum Gasteiger partial charge on any atom is 0.321 e. The maximum absolute atomic E-state index is 12.7. The highest BCUT2D eigenvalue weighted by Crippen LogP contribution is 2.31. The molecule has 8 heteroatoms. The molecule has 0 atom stereocenters. The summed E-state index contributed by atoms with van der Waals surface area (Å²) in [7, 11) is -2.21. The number of rotatable bonds is 5. The van der Waals surface area contributed by atoms with E-state index in [2.05, 4.69) is 10.0 Å². The van der Waals surface area contributed by atoms with Crippen molar-refractivity contribution in [2.45, 2.75) is 18.2 Å². The van der Waals surface area contributed by atoms with Gasteiger partial charge in [0.1, 0.15) is 5.75 Å². The van der Waals surface area contributed by atoms with Gasteiger partial charge in [-0.2, -0.15) is 0 Å². The Morgan fingerprint density at radius 3 is 2.77 bits per heavy atom. The second kappa shape index (κ2) is 7.25. The molecule has 1 aliphatic heterocycles. The molecule has 2 aromatic rings. The number of hydrogen-bond donors (Lipinski definition) is 2. The molecule has 3 rings (SSSR count). The van der Waals surface area contributed by atoms with Gasteiger partial charge in [0, 0.05) is 24.8 Å². The number of sulfonamides is 1. The average molecular weight is 375 g/mol. The number of ether oxygens (including phenoxy) is 1. The number of nitrogens with zero attached hydrogens (tertiary/aromatic N) is 1. The fourth-order valence-electron chi connectivity index (χ4n) is 2.90. The van der Waals surface area contributed by atoms with E-state index in [9.17, 15) is 13.2 Å². The van der Waals surface area contributed by atoms with Crippen LogP contribution in [-0.2, 0) is 16.4 Å². The van der Waals surface area contributed by atoms with Gasteiger partial charge >= 0.3 is 6.03 Å². The summed E-state index contributed by atoms with van der Waals surface area (Å²) in [6, 6.07) is 11.4. The second-order valence-corrected chi connectivity index (χ2v) is 7.55. The third-order valence-electron chi connectivity index (χ3n) is 4.15. The molecule has 2 N–H and O–H groups in total. The van der Waals surface area contributed by atoms with Gasteiger partial charge in [-0.25, -0.2) is 13.2 Å². The first-order valence-corrected chi connectivity index (χ1v) is 9.78. The molecule has 1 aliphatic rings. The molecular formula is C18H21N3O4S. The van der Waals surface area contributed by atoms with Gasteiger partial charge in [-0.3, -0.25) is 9.62 Å². The fraction of sp³-hybridized carbons (Fsp3) is 0.278. The summed E-state index contributed by atoms with van der Waals surface area (Å²) in [6.07, 6.45) is 0.620. The van der Waals surface area contributed by atoms with E-state index in [-0.39, 0.29) is 10.9 Å². The van der Waals surface area contributed by atoms with Crippen LogP contribution in [0.25, 0.3) is 0 Å². The molecule has 138 valence electrons. The Labute approximate surface area is 153 Å². The molecule has 7 nitrogen and oxygen atoms in total. The number of methoxy groups -OCH3 is 1. The smallest absolute Gasteiger partial charge is 0.321 e. The van der Waals surface area contributed by atoms with Gasteiger partial charge in [-0.1, -0.05) is 6.07 Å². The monoisotopic (exact) mass is 375 g/mol. The van der Waals surface area contributed by atoms with Crippen LogP contribution in [0.5, 0.6) is 5.75 Å². The number of amides is 2. The molecule has 0 radical (unpaired) electrons. The van der Waals surface area contributed by atoms with Gasteiger partial charge in [-0.05, 0) is 49.2 Å². The Hall–Kier alpha value is -2.74. The molecule has 1 heterocycles. The predicted octanol–water partition coefficient (Wildman–Crippen LogP) is 2.59. The van der Waals surface area contributed by atoms with E-state index >= 15 is 0 Å². The van der Waals surface area contributed by atoms with Gasteiger partial charge in [0.15, 0.2) is 0 Å². The van der Waals surface area contributed by atoms with Crippen LogP contribution in [-0.4, -0.2) is 34.6 Å². The minimum Gasteiger partial charge on any atom is -0.497 e. The summed E-state index contributed by atoms with van der Waals surface area (Å²) >= 11 is 0. The molecule has 26 heavy (non-hydrogen) atoms. The number of anilines is 2. The van der Waals surface area contributed by atoms with Crippen molar-refractivity contribution >= 4 is 27.4 Å². The van der Waals surface area contributed by atoms with E-state index in [1.807, 2.05) is 6.92 Å². The average Bonchev–Trinajstić information content (AvgIpc) is 3.05. The van der Waals surface area contributed by atoms with Gasteiger partial charge < -0.3 is 10.1 Å². The number of fused-ring (bicyclic) bond motifs is 1. The van der Waals surface area contributed by atoms with E-state index in [0.29, 0.717) is 30.9 Å². The van der Waals surface area contributed by atoms with Crippen molar-refractivity contribution in [3.05, 3.63) is 48.0 Å². The minimum atomic E-state index is -3.73. The molecule has 0 bridgehead atoms. The number of nitrogens with one attached hydrogen (secondary N) is 2. The van der Waals surface area contributed by atoms with Crippen LogP contribution in [0.15, 0.2) is 47.4 Å². The molecule has 0 unspecified atom stereocenters. The van der Waals surface area contributed by atoms with Gasteiger partial charge in [-0.15, -0.1) is 0 Å². The van der Waals surface area contributed by atoms with E-state index < -0.39 is 10.0 Å². The Bertz CT molecular complexity index is 928. The number of carbonyl (C=O) groups excluding carboxylic acids is 1. The van der Waals surface area contributed by atoms with Crippen LogP contribution in [0.1, 0.15) is 12.5 Å². The van der Waals surface area contributed by atoms with Gasteiger partial charge in [0.05, 0.1) is 17.7 Å². The number of urea groups is 1. The summed E-state index contributed by atoms with van der Waals surface area (Å²) in [5, 5.41) is 2.76. The van der Waals surface area contributed by atoms with Gasteiger partial charge in [0.2, 0.25) is 0 Å². The van der Waals surface area contributed by atoms with Crippen molar-refractivity contribution in [2.75, 3.05) is 29.8 Å². The Morgan fingerprint density at radius 2 is 2.04 bits per heavy atom. The van der Waals surface area contributed by atoms with Gasteiger partial charge in [0.25, 0.3) is 10.0 Å². The van der Waals surface area contributed by atoms with Crippen LogP contribution < -0.4 is 19.7 Å². The fourth-order valence-corrected chi connectivity index (χ4v) is 4.00. The first-order chi connectivity index (χ1) is 12.4. The van der Waals surface area contributed by atoms with E-state index in [0.717, 1.165) is 11.3 Å². The molecule has 0 aliphatic carbocycles. The molecule has 2 aromatic carbocycles.